The van der Waals surface area contributed by atoms with Gasteiger partial charge in [0.25, 0.3) is 0 Å². The summed E-state index contributed by atoms with van der Waals surface area (Å²) in [5.41, 5.74) is 2.96. The zero-order valence-electron chi connectivity index (χ0n) is 8.22. The van der Waals surface area contributed by atoms with E-state index in [-0.39, 0.29) is 0 Å². The molecular weight excluding hydrogens is 158 g/mol. The van der Waals surface area contributed by atoms with Gasteiger partial charge >= 0.3 is 0 Å². The van der Waals surface area contributed by atoms with Gasteiger partial charge in [0.1, 0.15) is 0 Å². The first kappa shape index (κ1) is 8.76. The van der Waals surface area contributed by atoms with Gasteiger partial charge in [-0.2, -0.15) is 0 Å². The average molecular weight is 175 g/mol. The first-order chi connectivity index (χ1) is 6.40. The van der Waals surface area contributed by atoms with Crippen LogP contribution in [0, 0.1) is 0 Å². The lowest BCUT2D eigenvalue weighted by atomic mass is 10.1. The normalized spacial score (nSPS) is 16.1. The third-order valence-corrected chi connectivity index (χ3v) is 2.58. The molecule has 1 saturated carbocycles. The van der Waals surface area contributed by atoms with E-state index in [4.69, 9.17) is 0 Å². The van der Waals surface area contributed by atoms with Crippen LogP contribution in [-0.2, 0) is 6.54 Å². The first-order valence-corrected chi connectivity index (χ1v) is 5.19. The van der Waals surface area contributed by atoms with Gasteiger partial charge in [-0.1, -0.05) is 31.2 Å². The summed E-state index contributed by atoms with van der Waals surface area (Å²) in [5.74, 6) is 0.876. The molecule has 0 aliphatic heterocycles. The van der Waals surface area contributed by atoms with Gasteiger partial charge in [-0.15, -0.1) is 0 Å². The Morgan fingerprint density at radius 1 is 1.38 bits per heavy atom. The smallest absolute Gasteiger partial charge is 0.0205 e. The van der Waals surface area contributed by atoms with Gasteiger partial charge in [-0.25, -0.2) is 0 Å². The van der Waals surface area contributed by atoms with E-state index in [9.17, 15) is 0 Å². The standard InChI is InChI=1S/C12H17N/c1-2-13-9-10-4-3-5-12(8-10)11-6-7-11/h3-5,8,11,13H,2,6-7,9H2,1H3. The SMILES string of the molecule is CCNCc1cccc(C2CC2)c1. The molecular formula is C12H17N. The molecule has 1 aromatic carbocycles. The van der Waals surface area contributed by atoms with E-state index in [1.54, 1.807) is 0 Å². The third-order valence-electron chi connectivity index (χ3n) is 2.58. The summed E-state index contributed by atoms with van der Waals surface area (Å²) in [5, 5.41) is 3.35. The number of hydrogen-bond donors (Lipinski definition) is 1. The van der Waals surface area contributed by atoms with Crippen LogP contribution in [0.2, 0.25) is 0 Å². The van der Waals surface area contributed by atoms with Crippen LogP contribution >= 0.6 is 0 Å². The quantitative estimate of drug-likeness (QED) is 0.742. The second-order valence-electron chi connectivity index (χ2n) is 3.80. The van der Waals surface area contributed by atoms with Crippen LogP contribution in [-0.4, -0.2) is 6.54 Å². The summed E-state index contributed by atoms with van der Waals surface area (Å²) < 4.78 is 0. The van der Waals surface area contributed by atoms with Crippen LogP contribution < -0.4 is 5.32 Å². The Hall–Kier alpha value is -0.820. The summed E-state index contributed by atoms with van der Waals surface area (Å²) in [6.07, 6.45) is 2.79. The molecule has 1 aliphatic rings. The lowest BCUT2D eigenvalue weighted by Crippen LogP contribution is -2.11. The van der Waals surface area contributed by atoms with Crippen molar-refractivity contribution in [2.75, 3.05) is 6.54 Å². The van der Waals surface area contributed by atoms with Crippen molar-refractivity contribution in [3.8, 4) is 0 Å². The van der Waals surface area contributed by atoms with E-state index in [1.807, 2.05) is 0 Å². The molecule has 13 heavy (non-hydrogen) atoms. The predicted octanol–water partition coefficient (Wildman–Crippen LogP) is 2.67. The van der Waals surface area contributed by atoms with Gasteiger partial charge in [0.05, 0.1) is 0 Å². The van der Waals surface area contributed by atoms with Gasteiger partial charge in [-0.05, 0) is 36.4 Å². The molecule has 1 heteroatoms. The monoisotopic (exact) mass is 175 g/mol. The third kappa shape index (κ3) is 2.31. The fraction of sp³-hybridized carbons (Fsp3) is 0.500. The topological polar surface area (TPSA) is 12.0 Å². The fourth-order valence-electron chi connectivity index (χ4n) is 1.64. The van der Waals surface area contributed by atoms with Crippen LogP contribution in [0.25, 0.3) is 0 Å². The molecule has 1 aromatic rings. The van der Waals surface area contributed by atoms with Crippen LogP contribution in [0.1, 0.15) is 36.8 Å². The molecule has 0 atom stereocenters. The summed E-state index contributed by atoms with van der Waals surface area (Å²) in [4.78, 5) is 0. The lowest BCUT2D eigenvalue weighted by molar-refractivity contribution is 0.726. The average Bonchev–Trinajstić information content (AvgIpc) is 2.98. The largest absolute Gasteiger partial charge is 0.313 e. The van der Waals surface area contributed by atoms with Crippen LogP contribution in [0.5, 0.6) is 0 Å². The maximum absolute atomic E-state index is 3.35. The molecule has 0 aromatic heterocycles. The first-order valence-electron chi connectivity index (χ1n) is 5.19. The van der Waals surface area contributed by atoms with Crippen molar-refractivity contribution in [2.24, 2.45) is 0 Å². The molecule has 0 amide bonds. The van der Waals surface area contributed by atoms with Gasteiger partial charge in [-0.3, -0.25) is 0 Å². The highest BCUT2D eigenvalue weighted by molar-refractivity contribution is 5.28. The van der Waals surface area contributed by atoms with Crippen molar-refractivity contribution in [3.05, 3.63) is 35.4 Å². The second-order valence-corrected chi connectivity index (χ2v) is 3.80. The minimum atomic E-state index is 0.876. The summed E-state index contributed by atoms with van der Waals surface area (Å²) in [6.45, 7) is 4.20. The van der Waals surface area contributed by atoms with Gasteiger partial charge in [0, 0.05) is 6.54 Å². The minimum Gasteiger partial charge on any atom is -0.313 e. The predicted molar refractivity (Wildman–Crippen MR) is 55.8 cm³/mol. The molecule has 1 nitrogen and oxygen atoms in total. The van der Waals surface area contributed by atoms with Crippen LogP contribution in [0.15, 0.2) is 24.3 Å². The Balaban J connectivity index is 2.03. The van der Waals surface area contributed by atoms with E-state index in [0.717, 1.165) is 19.0 Å². The van der Waals surface area contributed by atoms with Crippen molar-refractivity contribution < 1.29 is 0 Å². The van der Waals surface area contributed by atoms with E-state index < -0.39 is 0 Å². The van der Waals surface area contributed by atoms with Crippen molar-refractivity contribution in [1.82, 2.24) is 5.32 Å². The Kier molecular flexibility index (Phi) is 2.65. The van der Waals surface area contributed by atoms with E-state index >= 15 is 0 Å². The van der Waals surface area contributed by atoms with Crippen molar-refractivity contribution >= 4 is 0 Å². The van der Waals surface area contributed by atoms with Gasteiger partial charge in [0.2, 0.25) is 0 Å². The van der Waals surface area contributed by atoms with E-state index in [2.05, 4.69) is 36.5 Å². The summed E-state index contributed by atoms with van der Waals surface area (Å²) >= 11 is 0. The maximum Gasteiger partial charge on any atom is 0.0205 e. The Bertz CT molecular complexity index is 276. The number of hydrogen-bond acceptors (Lipinski definition) is 1. The Morgan fingerprint density at radius 3 is 2.92 bits per heavy atom. The van der Waals surface area contributed by atoms with Crippen molar-refractivity contribution in [3.63, 3.8) is 0 Å². The molecule has 1 fully saturated rings. The number of benzene rings is 1. The highest BCUT2D eigenvalue weighted by Gasteiger charge is 2.23. The molecule has 2 rings (SSSR count). The number of nitrogens with one attached hydrogen (secondary N) is 1. The molecule has 1 aliphatic carbocycles. The maximum atomic E-state index is 3.35. The zero-order valence-corrected chi connectivity index (χ0v) is 8.22. The molecule has 70 valence electrons. The molecule has 0 spiro atoms. The molecule has 0 heterocycles. The van der Waals surface area contributed by atoms with Crippen molar-refractivity contribution in [2.45, 2.75) is 32.2 Å². The summed E-state index contributed by atoms with van der Waals surface area (Å²) in [7, 11) is 0. The van der Waals surface area contributed by atoms with E-state index in [0.29, 0.717) is 0 Å². The molecule has 0 bridgehead atoms. The van der Waals surface area contributed by atoms with Crippen LogP contribution in [0.4, 0.5) is 0 Å². The van der Waals surface area contributed by atoms with Crippen LogP contribution in [0.3, 0.4) is 0 Å². The second kappa shape index (κ2) is 3.93. The minimum absolute atomic E-state index is 0.876. The van der Waals surface area contributed by atoms with Gasteiger partial charge in [0.15, 0.2) is 0 Å². The molecule has 1 N–H and O–H groups in total. The Labute approximate surface area is 80.2 Å². The Morgan fingerprint density at radius 2 is 2.23 bits per heavy atom. The summed E-state index contributed by atoms with van der Waals surface area (Å²) in [6, 6.07) is 8.99. The van der Waals surface area contributed by atoms with Gasteiger partial charge < -0.3 is 5.32 Å². The molecule has 0 unspecified atom stereocenters. The number of rotatable bonds is 4. The molecule has 0 saturated heterocycles. The highest BCUT2D eigenvalue weighted by atomic mass is 14.8. The van der Waals surface area contributed by atoms with Crippen molar-refractivity contribution in [1.29, 1.82) is 0 Å². The fourth-order valence-corrected chi connectivity index (χ4v) is 1.64. The lowest BCUT2D eigenvalue weighted by Gasteiger charge is -2.04. The molecule has 0 radical (unpaired) electrons. The zero-order chi connectivity index (χ0) is 9.10. The van der Waals surface area contributed by atoms with E-state index in [1.165, 1.54) is 24.0 Å². The highest BCUT2D eigenvalue weighted by Crippen LogP contribution is 2.40.